The van der Waals surface area contributed by atoms with Gasteiger partial charge in [0.1, 0.15) is 12.1 Å². The predicted octanol–water partition coefficient (Wildman–Crippen LogP) is 1.80. The third-order valence-corrected chi connectivity index (χ3v) is 2.91. The highest BCUT2D eigenvalue weighted by atomic mass is 16.6. The van der Waals surface area contributed by atoms with Crippen molar-refractivity contribution in [3.05, 3.63) is 25.3 Å². The van der Waals surface area contributed by atoms with Gasteiger partial charge in [0.2, 0.25) is 0 Å². The quantitative estimate of drug-likeness (QED) is 0.743. The van der Waals surface area contributed by atoms with Crippen LogP contribution in [0.5, 0.6) is 0 Å². The molecule has 94 valence electrons. The van der Waals surface area contributed by atoms with Crippen molar-refractivity contribution in [2.45, 2.75) is 24.8 Å². The molecule has 0 saturated carbocycles. The summed E-state index contributed by atoms with van der Waals surface area (Å²) in [6.07, 6.45) is 3.68. The molecule has 1 aliphatic heterocycles. The van der Waals surface area contributed by atoms with E-state index in [4.69, 9.17) is 4.74 Å². The molecular formula is C12H17NO4. The van der Waals surface area contributed by atoms with E-state index in [-0.39, 0.29) is 13.0 Å². The van der Waals surface area contributed by atoms with E-state index in [1.165, 1.54) is 17.1 Å². The number of carboxylic acids is 1. The Morgan fingerprint density at radius 3 is 2.65 bits per heavy atom. The fraction of sp³-hybridized carbons (Fsp3) is 0.500. The lowest BCUT2D eigenvalue weighted by molar-refractivity contribution is -0.148. The fourth-order valence-corrected chi connectivity index (χ4v) is 2.11. The standard InChI is InChI=1S/C12H17NO4/c1-3-6-12(10(14)15)7-5-8-13(12)11(16)17-9-4-2/h3-4H,1-2,5-9H2,(H,14,15). The first kappa shape index (κ1) is 13.3. The summed E-state index contributed by atoms with van der Waals surface area (Å²) in [5.74, 6) is -1.01. The summed E-state index contributed by atoms with van der Waals surface area (Å²) in [6, 6.07) is 0. The maximum atomic E-state index is 11.8. The van der Waals surface area contributed by atoms with Gasteiger partial charge in [0.25, 0.3) is 0 Å². The van der Waals surface area contributed by atoms with Crippen molar-refractivity contribution >= 4 is 12.1 Å². The smallest absolute Gasteiger partial charge is 0.411 e. The Morgan fingerprint density at radius 1 is 1.41 bits per heavy atom. The second-order valence-electron chi connectivity index (χ2n) is 3.95. The van der Waals surface area contributed by atoms with Crippen molar-refractivity contribution in [3.63, 3.8) is 0 Å². The van der Waals surface area contributed by atoms with E-state index in [0.717, 1.165) is 0 Å². The number of carboxylic acid groups (broad SMARTS) is 1. The van der Waals surface area contributed by atoms with Gasteiger partial charge in [-0.2, -0.15) is 0 Å². The van der Waals surface area contributed by atoms with Crippen molar-refractivity contribution in [2.24, 2.45) is 0 Å². The average Bonchev–Trinajstić information content (AvgIpc) is 2.71. The van der Waals surface area contributed by atoms with Crippen LogP contribution < -0.4 is 0 Å². The van der Waals surface area contributed by atoms with Gasteiger partial charge in [-0.15, -0.1) is 6.58 Å². The Morgan fingerprint density at radius 2 is 2.12 bits per heavy atom. The molecule has 0 spiro atoms. The SMILES string of the molecule is C=CCOC(=O)N1CCCC1(CC=C)C(=O)O. The van der Waals surface area contributed by atoms with Gasteiger partial charge in [0, 0.05) is 6.54 Å². The topological polar surface area (TPSA) is 66.8 Å². The molecule has 1 N–H and O–H groups in total. The molecule has 17 heavy (non-hydrogen) atoms. The number of ether oxygens (including phenoxy) is 1. The first-order valence-corrected chi connectivity index (χ1v) is 5.48. The Balaban J connectivity index is 2.88. The van der Waals surface area contributed by atoms with Crippen LogP contribution in [-0.2, 0) is 9.53 Å². The van der Waals surface area contributed by atoms with Gasteiger partial charge < -0.3 is 9.84 Å². The lowest BCUT2D eigenvalue weighted by atomic mass is 9.92. The first-order chi connectivity index (χ1) is 8.08. The number of hydrogen-bond donors (Lipinski definition) is 1. The Labute approximate surface area is 100 Å². The normalized spacial score (nSPS) is 23.2. The molecule has 0 radical (unpaired) electrons. The van der Waals surface area contributed by atoms with Gasteiger partial charge in [-0.05, 0) is 19.3 Å². The Hall–Kier alpha value is -1.78. The molecule has 0 bridgehead atoms. The van der Waals surface area contributed by atoms with Crippen molar-refractivity contribution in [3.8, 4) is 0 Å². The Kier molecular flexibility index (Phi) is 4.31. The molecule has 0 aromatic heterocycles. The van der Waals surface area contributed by atoms with Crippen LogP contribution in [-0.4, -0.2) is 40.8 Å². The lowest BCUT2D eigenvalue weighted by Crippen LogP contribution is -2.53. The summed E-state index contributed by atoms with van der Waals surface area (Å²) in [5.41, 5.74) is -1.19. The Bertz CT molecular complexity index is 339. The van der Waals surface area contributed by atoms with Crippen LogP contribution >= 0.6 is 0 Å². The van der Waals surface area contributed by atoms with Crippen LogP contribution in [0.3, 0.4) is 0 Å². The second kappa shape index (κ2) is 5.52. The monoisotopic (exact) mass is 239 g/mol. The summed E-state index contributed by atoms with van der Waals surface area (Å²) in [7, 11) is 0. The minimum Gasteiger partial charge on any atom is -0.479 e. The van der Waals surface area contributed by atoms with Crippen LogP contribution in [0.4, 0.5) is 4.79 Å². The highest BCUT2D eigenvalue weighted by molar-refractivity contribution is 5.85. The number of amides is 1. The number of likely N-dealkylation sites (tertiary alicyclic amines) is 1. The predicted molar refractivity (Wildman–Crippen MR) is 62.7 cm³/mol. The molecule has 0 aliphatic carbocycles. The van der Waals surface area contributed by atoms with Crippen LogP contribution in [0.15, 0.2) is 25.3 Å². The van der Waals surface area contributed by atoms with Crippen LogP contribution in [0.2, 0.25) is 0 Å². The second-order valence-corrected chi connectivity index (χ2v) is 3.95. The molecule has 1 rings (SSSR count). The number of carbonyl (C=O) groups excluding carboxylic acids is 1. The summed E-state index contributed by atoms with van der Waals surface area (Å²) in [5, 5.41) is 9.32. The number of hydrogen-bond acceptors (Lipinski definition) is 3. The lowest BCUT2D eigenvalue weighted by Gasteiger charge is -2.32. The summed E-state index contributed by atoms with van der Waals surface area (Å²) in [6.45, 7) is 7.47. The van der Waals surface area contributed by atoms with Crippen LogP contribution in [0.25, 0.3) is 0 Å². The fourth-order valence-electron chi connectivity index (χ4n) is 2.11. The maximum absolute atomic E-state index is 11.8. The third kappa shape index (κ3) is 2.49. The van der Waals surface area contributed by atoms with E-state index in [1.807, 2.05) is 0 Å². The van der Waals surface area contributed by atoms with Gasteiger partial charge in [-0.3, -0.25) is 4.90 Å². The minimum atomic E-state index is -1.19. The van der Waals surface area contributed by atoms with Gasteiger partial charge >= 0.3 is 12.1 Å². The van der Waals surface area contributed by atoms with Crippen LogP contribution in [0, 0.1) is 0 Å². The summed E-state index contributed by atoms with van der Waals surface area (Å²) >= 11 is 0. The molecule has 1 unspecified atom stereocenters. The maximum Gasteiger partial charge on any atom is 0.411 e. The van der Waals surface area contributed by atoms with E-state index >= 15 is 0 Å². The zero-order chi connectivity index (χ0) is 12.9. The molecule has 1 aliphatic rings. The average molecular weight is 239 g/mol. The third-order valence-electron chi connectivity index (χ3n) is 2.91. The van der Waals surface area contributed by atoms with Gasteiger partial charge in [0.15, 0.2) is 0 Å². The number of nitrogens with zero attached hydrogens (tertiary/aromatic N) is 1. The molecular weight excluding hydrogens is 222 g/mol. The molecule has 1 amide bonds. The van der Waals surface area contributed by atoms with Crippen molar-refractivity contribution in [1.82, 2.24) is 4.90 Å². The number of carbonyl (C=O) groups is 2. The summed E-state index contributed by atoms with van der Waals surface area (Å²) in [4.78, 5) is 24.4. The van der Waals surface area contributed by atoms with Crippen molar-refractivity contribution < 1.29 is 19.4 Å². The number of rotatable bonds is 5. The van der Waals surface area contributed by atoms with E-state index < -0.39 is 17.6 Å². The van der Waals surface area contributed by atoms with E-state index in [9.17, 15) is 14.7 Å². The van der Waals surface area contributed by atoms with E-state index in [1.54, 1.807) is 0 Å². The zero-order valence-electron chi connectivity index (χ0n) is 9.72. The molecule has 5 heteroatoms. The molecule has 1 fully saturated rings. The van der Waals surface area contributed by atoms with Gasteiger partial charge in [-0.1, -0.05) is 18.7 Å². The van der Waals surface area contributed by atoms with E-state index in [2.05, 4.69) is 13.2 Å². The highest BCUT2D eigenvalue weighted by Crippen LogP contribution is 2.33. The molecule has 1 saturated heterocycles. The van der Waals surface area contributed by atoms with E-state index in [0.29, 0.717) is 19.4 Å². The van der Waals surface area contributed by atoms with Crippen molar-refractivity contribution in [2.75, 3.05) is 13.2 Å². The molecule has 1 atom stereocenters. The van der Waals surface area contributed by atoms with Crippen molar-refractivity contribution in [1.29, 1.82) is 0 Å². The van der Waals surface area contributed by atoms with Crippen LogP contribution in [0.1, 0.15) is 19.3 Å². The summed E-state index contributed by atoms with van der Waals surface area (Å²) < 4.78 is 4.90. The minimum absolute atomic E-state index is 0.0825. The zero-order valence-corrected chi connectivity index (χ0v) is 9.72. The first-order valence-electron chi connectivity index (χ1n) is 5.48. The van der Waals surface area contributed by atoms with Gasteiger partial charge in [-0.25, -0.2) is 9.59 Å². The molecule has 1 heterocycles. The molecule has 0 aromatic carbocycles. The van der Waals surface area contributed by atoms with Gasteiger partial charge in [0.05, 0.1) is 0 Å². The largest absolute Gasteiger partial charge is 0.479 e. The number of aliphatic carboxylic acids is 1. The molecule has 5 nitrogen and oxygen atoms in total. The highest BCUT2D eigenvalue weighted by Gasteiger charge is 2.49. The molecule has 0 aromatic rings.